The van der Waals surface area contributed by atoms with E-state index in [1.807, 2.05) is 0 Å². The smallest absolute Gasteiger partial charge is 0.306 e. The summed E-state index contributed by atoms with van der Waals surface area (Å²) in [6, 6.07) is 0. The summed E-state index contributed by atoms with van der Waals surface area (Å²) in [5.74, 6) is -0.633. The first-order valence-electron chi connectivity index (χ1n) is 21.3. The Morgan fingerprint density at radius 3 is 1.25 bits per heavy atom. The summed E-state index contributed by atoms with van der Waals surface area (Å²) < 4.78 is 10.6. The molecule has 0 heterocycles. The van der Waals surface area contributed by atoms with Gasteiger partial charge in [-0.1, -0.05) is 162 Å². The monoisotopic (exact) mass is 735 g/mol. The Kier molecular flexibility index (Phi) is 40.6. The molecule has 0 fully saturated rings. The first-order chi connectivity index (χ1) is 26.1. The maximum Gasteiger partial charge on any atom is 0.306 e. The second-order valence-electron chi connectivity index (χ2n) is 13.7. The van der Waals surface area contributed by atoms with Gasteiger partial charge in [0.1, 0.15) is 6.61 Å². The van der Waals surface area contributed by atoms with Crippen LogP contribution in [0.5, 0.6) is 0 Å². The Bertz CT molecular complexity index is 1060. The lowest BCUT2D eigenvalue weighted by Gasteiger charge is -2.15. The van der Waals surface area contributed by atoms with E-state index in [-0.39, 0.29) is 25.2 Å². The molecular weight excluding hydrogens is 657 g/mol. The first-order valence-corrected chi connectivity index (χ1v) is 21.3. The summed E-state index contributed by atoms with van der Waals surface area (Å²) in [5, 5.41) is 9.56. The SMILES string of the molecule is CC/C=C\C/C=C\C/C=C\C/C=C\C/C=C\C/C=C\C/C=C\CCCCCCCC(=O)OC(CO)COC(=O)CCCCCCC/C=C\CCCCC. The van der Waals surface area contributed by atoms with Crippen molar-refractivity contribution in [1.82, 2.24) is 0 Å². The number of carbonyl (C=O) groups excluding carboxylic acids is 2. The van der Waals surface area contributed by atoms with E-state index in [1.165, 1.54) is 38.5 Å². The molecule has 0 saturated carbocycles. The van der Waals surface area contributed by atoms with Crippen LogP contribution < -0.4 is 0 Å². The first kappa shape index (κ1) is 49.8. The van der Waals surface area contributed by atoms with E-state index in [0.717, 1.165) is 109 Å². The summed E-state index contributed by atoms with van der Waals surface area (Å²) in [5.41, 5.74) is 0. The predicted octanol–water partition coefficient (Wildman–Crippen LogP) is 13.7. The standard InChI is InChI=1S/C48H78O5/c1-3-5-7-9-11-13-15-17-18-19-20-21-22-23-24-25-26-27-28-29-30-31-33-35-37-39-41-43-48(51)53-46(44-49)45-52-47(50)42-40-38-36-34-32-16-14-12-10-8-6-4-2/h5,7,11-14,17-18,20-21,23-24,26-27,29-30,46,49H,3-4,6,8-10,15-16,19,22,25,28,31-45H2,1-2H3/b7-5-,13-11-,14-12-,18-17-,21-20-,24-23-,27-26-,30-29-. The molecule has 1 unspecified atom stereocenters. The summed E-state index contributed by atoms with van der Waals surface area (Å²) in [4.78, 5) is 24.3. The fraction of sp³-hybridized carbons (Fsp3) is 0.625. The Hall–Kier alpha value is -3.18. The van der Waals surface area contributed by atoms with Crippen LogP contribution in [0.25, 0.3) is 0 Å². The molecule has 0 aliphatic carbocycles. The molecule has 5 nitrogen and oxygen atoms in total. The highest BCUT2D eigenvalue weighted by Crippen LogP contribution is 2.11. The van der Waals surface area contributed by atoms with Gasteiger partial charge < -0.3 is 14.6 Å². The van der Waals surface area contributed by atoms with Gasteiger partial charge in [-0.25, -0.2) is 0 Å². The van der Waals surface area contributed by atoms with Gasteiger partial charge in [0, 0.05) is 12.8 Å². The minimum absolute atomic E-state index is 0.0841. The number of carbonyl (C=O) groups is 2. The summed E-state index contributed by atoms with van der Waals surface area (Å²) in [7, 11) is 0. The van der Waals surface area contributed by atoms with Crippen molar-refractivity contribution < 1.29 is 24.2 Å². The third kappa shape index (κ3) is 41.4. The van der Waals surface area contributed by atoms with E-state index in [0.29, 0.717) is 12.8 Å². The Labute approximate surface area is 326 Å². The number of hydrogen-bond acceptors (Lipinski definition) is 5. The van der Waals surface area contributed by atoms with Gasteiger partial charge in [0.25, 0.3) is 0 Å². The number of hydrogen-bond donors (Lipinski definition) is 1. The number of rotatable bonds is 37. The zero-order valence-corrected chi connectivity index (χ0v) is 34.0. The number of aliphatic hydroxyl groups excluding tert-OH is 1. The molecule has 53 heavy (non-hydrogen) atoms. The van der Waals surface area contributed by atoms with Crippen molar-refractivity contribution in [1.29, 1.82) is 0 Å². The molecule has 0 aromatic carbocycles. The molecule has 0 amide bonds. The van der Waals surface area contributed by atoms with Crippen LogP contribution in [0.1, 0.15) is 174 Å². The number of unbranched alkanes of at least 4 members (excludes halogenated alkanes) is 13. The van der Waals surface area contributed by atoms with Crippen LogP contribution in [0.15, 0.2) is 97.2 Å². The minimum Gasteiger partial charge on any atom is -0.462 e. The molecule has 0 rings (SSSR count). The Balaban J connectivity index is 3.66. The third-order valence-corrected chi connectivity index (χ3v) is 8.61. The van der Waals surface area contributed by atoms with Crippen molar-refractivity contribution in [2.45, 2.75) is 180 Å². The molecule has 0 radical (unpaired) electrons. The molecule has 0 spiro atoms. The molecule has 0 bridgehead atoms. The average Bonchev–Trinajstić information content (AvgIpc) is 3.16. The maximum atomic E-state index is 12.2. The quantitative estimate of drug-likeness (QED) is 0.0391. The fourth-order valence-electron chi connectivity index (χ4n) is 5.41. The van der Waals surface area contributed by atoms with Crippen LogP contribution in [0.4, 0.5) is 0 Å². The third-order valence-electron chi connectivity index (χ3n) is 8.61. The predicted molar refractivity (Wildman–Crippen MR) is 228 cm³/mol. The lowest BCUT2D eigenvalue weighted by atomic mass is 10.1. The van der Waals surface area contributed by atoms with Gasteiger partial charge in [-0.3, -0.25) is 9.59 Å². The van der Waals surface area contributed by atoms with Gasteiger partial charge in [0.15, 0.2) is 6.10 Å². The number of aliphatic hydroxyl groups is 1. The van der Waals surface area contributed by atoms with E-state index in [9.17, 15) is 14.7 Å². The molecule has 0 saturated heterocycles. The molecule has 0 aliphatic heterocycles. The Morgan fingerprint density at radius 2 is 0.811 bits per heavy atom. The Morgan fingerprint density at radius 1 is 0.453 bits per heavy atom. The van der Waals surface area contributed by atoms with Crippen molar-refractivity contribution >= 4 is 11.9 Å². The van der Waals surface area contributed by atoms with Crippen LogP contribution in [0, 0.1) is 0 Å². The summed E-state index contributed by atoms with van der Waals surface area (Å²) in [6.45, 7) is 3.96. The highest BCUT2D eigenvalue weighted by Gasteiger charge is 2.16. The highest BCUT2D eigenvalue weighted by molar-refractivity contribution is 5.70. The van der Waals surface area contributed by atoms with Crippen LogP contribution >= 0.6 is 0 Å². The van der Waals surface area contributed by atoms with Crippen molar-refractivity contribution in [2.24, 2.45) is 0 Å². The zero-order chi connectivity index (χ0) is 38.6. The second-order valence-corrected chi connectivity index (χ2v) is 13.7. The van der Waals surface area contributed by atoms with Gasteiger partial charge in [0.05, 0.1) is 6.61 Å². The van der Waals surface area contributed by atoms with Crippen molar-refractivity contribution in [2.75, 3.05) is 13.2 Å². The number of allylic oxidation sites excluding steroid dienone is 16. The van der Waals surface area contributed by atoms with Crippen LogP contribution in [-0.2, 0) is 19.1 Å². The van der Waals surface area contributed by atoms with E-state index < -0.39 is 6.10 Å². The molecule has 0 aromatic heterocycles. The van der Waals surface area contributed by atoms with Gasteiger partial charge >= 0.3 is 11.9 Å². The van der Waals surface area contributed by atoms with Crippen LogP contribution in [0.3, 0.4) is 0 Å². The normalized spacial score (nSPS) is 13.2. The number of ether oxygens (including phenoxy) is 2. The average molecular weight is 735 g/mol. The zero-order valence-electron chi connectivity index (χ0n) is 34.0. The lowest BCUT2D eigenvalue weighted by Crippen LogP contribution is -2.28. The van der Waals surface area contributed by atoms with Gasteiger partial charge in [-0.05, 0) is 96.3 Å². The van der Waals surface area contributed by atoms with Gasteiger partial charge in [-0.15, -0.1) is 0 Å². The van der Waals surface area contributed by atoms with Crippen molar-refractivity contribution in [3.05, 3.63) is 97.2 Å². The molecule has 5 heteroatoms. The topological polar surface area (TPSA) is 72.8 Å². The van der Waals surface area contributed by atoms with Crippen LogP contribution in [0.2, 0.25) is 0 Å². The second kappa shape index (κ2) is 43.2. The fourth-order valence-corrected chi connectivity index (χ4v) is 5.41. The molecule has 300 valence electrons. The summed E-state index contributed by atoms with van der Waals surface area (Å²) >= 11 is 0. The molecular formula is C48H78O5. The summed E-state index contributed by atoms with van der Waals surface area (Å²) in [6.07, 6.45) is 60.4. The maximum absolute atomic E-state index is 12.2. The van der Waals surface area contributed by atoms with E-state index in [1.54, 1.807) is 0 Å². The minimum atomic E-state index is -0.791. The van der Waals surface area contributed by atoms with E-state index in [2.05, 4.69) is 111 Å². The van der Waals surface area contributed by atoms with Crippen LogP contribution in [-0.4, -0.2) is 36.4 Å². The molecule has 0 aromatic rings. The number of esters is 2. The highest BCUT2D eigenvalue weighted by atomic mass is 16.6. The van der Waals surface area contributed by atoms with E-state index in [4.69, 9.17) is 9.47 Å². The van der Waals surface area contributed by atoms with E-state index >= 15 is 0 Å². The molecule has 1 atom stereocenters. The van der Waals surface area contributed by atoms with Gasteiger partial charge in [0.2, 0.25) is 0 Å². The van der Waals surface area contributed by atoms with Crippen molar-refractivity contribution in [3.63, 3.8) is 0 Å². The molecule has 1 N–H and O–H groups in total. The lowest BCUT2D eigenvalue weighted by molar-refractivity contribution is -0.161. The van der Waals surface area contributed by atoms with Gasteiger partial charge in [-0.2, -0.15) is 0 Å². The van der Waals surface area contributed by atoms with Crippen molar-refractivity contribution in [3.8, 4) is 0 Å². The largest absolute Gasteiger partial charge is 0.462 e. The molecule has 0 aliphatic rings.